The lowest BCUT2D eigenvalue weighted by atomic mass is 10.0. The van der Waals surface area contributed by atoms with Crippen molar-refractivity contribution >= 4 is 58.4 Å². The number of rotatable bonds is 12. The van der Waals surface area contributed by atoms with Crippen LogP contribution >= 0.6 is 0 Å². The number of hydrogen-bond donors (Lipinski definition) is 5. The molecule has 4 amide bonds. The van der Waals surface area contributed by atoms with Crippen LogP contribution in [0.5, 0.6) is 11.5 Å². The Bertz CT molecular complexity index is 3230. The number of fused-ring (bicyclic) bond motifs is 4. The van der Waals surface area contributed by atoms with Crippen LogP contribution in [0.1, 0.15) is 113 Å². The molecule has 5 N–H and O–H groups in total. The van der Waals surface area contributed by atoms with Crippen molar-refractivity contribution < 1.29 is 66.5 Å². The van der Waals surface area contributed by atoms with E-state index < -0.39 is 63.9 Å². The van der Waals surface area contributed by atoms with Crippen LogP contribution in [0.15, 0.2) is 60.9 Å². The Kier molecular flexibility index (Phi) is 14.2. The lowest BCUT2D eigenvalue weighted by molar-refractivity contribution is -0.161. The number of amides is 4. The van der Waals surface area contributed by atoms with Crippen LogP contribution in [0.3, 0.4) is 0 Å². The van der Waals surface area contributed by atoms with Crippen LogP contribution in [-0.4, -0.2) is 111 Å². The number of carbonyl (C=O) groups is 8. The first kappa shape index (κ1) is 51.2. The van der Waals surface area contributed by atoms with Crippen molar-refractivity contribution in [2.45, 2.75) is 91.1 Å². The van der Waals surface area contributed by atoms with Crippen molar-refractivity contribution in [2.24, 2.45) is 0 Å². The topological polar surface area (TPSA) is 293 Å². The van der Waals surface area contributed by atoms with E-state index in [4.69, 9.17) is 14.2 Å². The fourth-order valence-corrected chi connectivity index (χ4v) is 7.07. The number of ketones is 2. The van der Waals surface area contributed by atoms with E-state index in [2.05, 4.69) is 41.4 Å². The quantitative estimate of drug-likeness (QED) is 0.110. The molecule has 0 radical (unpaired) electrons. The van der Waals surface area contributed by atoms with Crippen LogP contribution in [0.25, 0.3) is 11.3 Å². The summed E-state index contributed by atoms with van der Waals surface area (Å²) in [6.45, 7) is 10.8. The van der Waals surface area contributed by atoms with Gasteiger partial charge in [0.15, 0.2) is 34.5 Å². The number of aliphatic carboxylic acids is 1. The van der Waals surface area contributed by atoms with Crippen LogP contribution in [0.2, 0.25) is 0 Å². The zero-order valence-corrected chi connectivity index (χ0v) is 39.9. The summed E-state index contributed by atoms with van der Waals surface area (Å²) in [5.41, 5.74) is -2.66. The third kappa shape index (κ3) is 11.7. The van der Waals surface area contributed by atoms with Gasteiger partial charge in [-0.1, -0.05) is 12.1 Å². The number of esters is 1. The van der Waals surface area contributed by atoms with Gasteiger partial charge in [-0.15, -0.1) is 0 Å². The highest BCUT2D eigenvalue weighted by molar-refractivity contribution is 6.01. The summed E-state index contributed by atoms with van der Waals surface area (Å²) in [5.74, 6) is -5.55. The van der Waals surface area contributed by atoms with Gasteiger partial charge in [0.05, 0.1) is 12.4 Å². The minimum atomic E-state index is -1.63. The Morgan fingerprint density at radius 3 is 1.46 bits per heavy atom. The van der Waals surface area contributed by atoms with Crippen molar-refractivity contribution in [3.63, 3.8) is 0 Å². The molecule has 4 aromatic heterocycles. The summed E-state index contributed by atoms with van der Waals surface area (Å²) in [4.78, 5) is 107. The minimum absolute atomic E-state index is 0.0297. The Labute approximate surface area is 407 Å². The largest absolute Gasteiger partial charge is 0.486 e. The average Bonchev–Trinajstić information content (AvgIpc) is 3.89. The zero-order valence-electron chi connectivity index (χ0n) is 39.9. The zero-order chi connectivity index (χ0) is 52.4. The molecule has 2 aliphatic rings. The van der Waals surface area contributed by atoms with E-state index in [9.17, 15) is 52.2 Å². The van der Waals surface area contributed by atoms with Gasteiger partial charge >= 0.3 is 11.9 Å². The molecule has 0 saturated carbocycles. The van der Waals surface area contributed by atoms with Crippen LogP contribution in [0.4, 0.5) is 8.78 Å². The van der Waals surface area contributed by atoms with Gasteiger partial charge in [-0.25, -0.2) is 37.4 Å². The maximum absolute atomic E-state index is 14.4. The maximum Gasteiger partial charge on any atom is 0.331 e. The first-order valence-corrected chi connectivity index (χ1v) is 22.1. The van der Waals surface area contributed by atoms with Gasteiger partial charge in [0.25, 0.3) is 23.6 Å². The molecule has 22 nitrogen and oxygen atoms in total. The van der Waals surface area contributed by atoms with E-state index >= 15 is 0 Å². The molecular formula is C48H48F2N10O12. The summed E-state index contributed by atoms with van der Waals surface area (Å²) in [6, 6.07) is 12.7. The van der Waals surface area contributed by atoms with Crippen molar-refractivity contribution in [1.29, 1.82) is 0 Å². The number of nitrogens with zero attached hydrogens (tertiary/aromatic N) is 6. The lowest BCUT2D eigenvalue weighted by Crippen LogP contribution is -2.52. The maximum atomic E-state index is 14.4. The first-order chi connectivity index (χ1) is 33.8. The molecule has 0 unspecified atom stereocenters. The monoisotopic (exact) mass is 994 g/mol. The number of carboxylic acids is 1. The first-order valence-electron chi connectivity index (χ1n) is 22.1. The predicted molar refractivity (Wildman–Crippen MR) is 246 cm³/mol. The number of carbonyl (C=O) groups excluding carboxylic acids is 7. The summed E-state index contributed by atoms with van der Waals surface area (Å²) in [7, 11) is 0. The number of Topliss-reactive ketones (excluding diaryl/α,β-unsaturated/α-hetero) is 2. The van der Waals surface area contributed by atoms with Crippen molar-refractivity contribution in [3.05, 3.63) is 118 Å². The molecule has 24 heteroatoms. The van der Waals surface area contributed by atoms with Gasteiger partial charge in [-0.3, -0.25) is 28.8 Å². The van der Waals surface area contributed by atoms with E-state index in [1.165, 1.54) is 27.7 Å². The molecule has 0 spiro atoms. The smallest absolute Gasteiger partial charge is 0.331 e. The average molecular weight is 995 g/mol. The fraction of sp³-hybridized carbons (Fsp3) is 0.333. The summed E-state index contributed by atoms with van der Waals surface area (Å²) in [5, 5.41) is 27.1. The van der Waals surface area contributed by atoms with Crippen molar-refractivity contribution in [3.8, 4) is 11.5 Å². The number of nitrogens with one attached hydrogen (secondary N) is 4. The number of ether oxygens (including phenoxy) is 3. The number of aromatic nitrogens is 6. The van der Waals surface area contributed by atoms with Crippen LogP contribution in [-0.2, 0) is 49.8 Å². The molecule has 376 valence electrons. The van der Waals surface area contributed by atoms with Gasteiger partial charge in [0.1, 0.15) is 64.2 Å². The second kappa shape index (κ2) is 20.0. The van der Waals surface area contributed by atoms with Crippen molar-refractivity contribution in [2.75, 3.05) is 13.2 Å². The molecule has 6 aromatic rings. The van der Waals surface area contributed by atoms with E-state index in [-0.39, 0.29) is 84.8 Å². The number of halogens is 2. The molecule has 2 aromatic carbocycles. The fourth-order valence-electron chi connectivity index (χ4n) is 7.07. The molecule has 0 bridgehead atoms. The summed E-state index contributed by atoms with van der Waals surface area (Å²) in [6.07, 6.45) is 2.19. The van der Waals surface area contributed by atoms with E-state index in [1.54, 1.807) is 57.2 Å². The molecule has 2 aliphatic heterocycles. The number of benzene rings is 2. The molecular weight excluding hydrogens is 947 g/mol. The highest BCUT2D eigenvalue weighted by Crippen LogP contribution is 2.26. The molecule has 72 heavy (non-hydrogen) atoms. The Morgan fingerprint density at radius 2 is 1.06 bits per heavy atom. The van der Waals surface area contributed by atoms with Crippen LogP contribution < -0.4 is 30.7 Å². The molecule has 0 aliphatic carbocycles. The van der Waals surface area contributed by atoms with Gasteiger partial charge < -0.3 is 40.6 Å². The molecule has 0 saturated heterocycles. The normalized spacial score (nSPS) is 13.3. The minimum Gasteiger partial charge on any atom is -0.486 e. The van der Waals surface area contributed by atoms with Gasteiger partial charge in [0, 0.05) is 49.2 Å². The molecule has 6 heterocycles. The SMILES string of the molecule is CC(C)(C)OC(=O)C(C)(C)NC(=O)c1cc(C(=O)NCc2ccc3c(c2)CC(=O)CO3)nc2c(F)cnn12.CC(C)(NC(=O)c1cc(C(=O)NCc2ccc3c(c2)CC(=O)CO3)nc2c(F)cnn12)C(=O)O. The molecule has 0 atom stereocenters. The van der Waals surface area contributed by atoms with Crippen LogP contribution in [0, 0.1) is 11.6 Å². The second-order valence-corrected chi connectivity index (χ2v) is 18.7. The molecule has 0 fully saturated rings. The number of carboxylic acid groups (broad SMARTS) is 1. The summed E-state index contributed by atoms with van der Waals surface area (Å²) >= 11 is 0. The highest BCUT2D eigenvalue weighted by atomic mass is 19.1. The van der Waals surface area contributed by atoms with Crippen molar-refractivity contribution in [1.82, 2.24) is 50.5 Å². The predicted octanol–water partition coefficient (Wildman–Crippen LogP) is 3.05. The second-order valence-electron chi connectivity index (χ2n) is 18.7. The van der Waals surface area contributed by atoms with E-state index in [0.717, 1.165) is 39.1 Å². The Hall–Kier alpha value is -8.70. The van der Waals surface area contributed by atoms with Gasteiger partial charge in [-0.2, -0.15) is 10.2 Å². The highest BCUT2D eigenvalue weighted by Gasteiger charge is 2.36. The number of hydrogen-bond acceptors (Lipinski definition) is 15. The standard InChI is InChI=1S/C26H28FN5O6.C22H20FN5O6/c1-25(2,3)38-24(36)26(4,5)31-23(35)19-10-18(30-21-17(27)12-29-32(19)21)22(34)28-11-14-6-7-20-15(8-14)9-16(33)13-37-20;1-22(2,21(32)33)27-20(31)16-7-15(26-18-14(23)9-25-28(16)18)19(30)24-8-11-3-4-17-12(5-11)6-13(29)10-34-17/h6-8,10,12H,9,11,13H2,1-5H3,(H,28,34)(H,31,35);3-5,7,9H,6,8,10H2,1-2H3,(H,24,30)(H,27,31)(H,32,33). The lowest BCUT2D eigenvalue weighted by Gasteiger charge is -2.29. The van der Waals surface area contributed by atoms with E-state index in [1.807, 2.05) is 0 Å². The van der Waals surface area contributed by atoms with E-state index in [0.29, 0.717) is 28.2 Å². The van der Waals surface area contributed by atoms with Gasteiger partial charge in [-0.05, 0) is 83.9 Å². The third-order valence-electron chi connectivity index (χ3n) is 10.8. The summed E-state index contributed by atoms with van der Waals surface area (Å²) < 4.78 is 46.5. The Morgan fingerprint density at radius 1 is 0.639 bits per heavy atom. The molecule has 8 rings (SSSR count). The van der Waals surface area contributed by atoms with Gasteiger partial charge in [0.2, 0.25) is 0 Å². The Balaban J connectivity index is 0.000000213. The third-order valence-corrected chi connectivity index (χ3v) is 10.8.